The number of hydrogen-bond donors (Lipinski definition) is 1. The van der Waals surface area contributed by atoms with Crippen LogP contribution in [-0.2, 0) is 0 Å². The number of alkyl halides is 1. The Kier molecular flexibility index (Phi) is 3.11. The first-order valence-corrected chi connectivity index (χ1v) is 3.95. The molecule has 0 unspecified atom stereocenters. The van der Waals surface area contributed by atoms with Gasteiger partial charge in [0, 0.05) is 24.2 Å². The van der Waals surface area contributed by atoms with Crippen LogP contribution in [0.25, 0.3) is 0 Å². The zero-order chi connectivity index (χ0) is 8.10. The molecule has 0 spiro atoms. The van der Waals surface area contributed by atoms with Crippen molar-refractivity contribution >= 4 is 17.4 Å². The van der Waals surface area contributed by atoms with Crippen molar-refractivity contribution in [3.05, 3.63) is 18.1 Å². The van der Waals surface area contributed by atoms with Gasteiger partial charge in [-0.3, -0.25) is 0 Å². The molecule has 0 amide bonds. The predicted octanol–water partition coefficient (Wildman–Crippen LogP) is 1.44. The minimum Gasteiger partial charge on any atom is -0.369 e. The van der Waals surface area contributed by atoms with Gasteiger partial charge in [-0.1, -0.05) is 0 Å². The average molecular weight is 172 g/mol. The molecule has 0 saturated heterocycles. The molecule has 3 nitrogen and oxygen atoms in total. The van der Waals surface area contributed by atoms with Gasteiger partial charge in [-0.15, -0.1) is 11.6 Å². The van der Waals surface area contributed by atoms with Crippen LogP contribution < -0.4 is 5.32 Å². The van der Waals surface area contributed by atoms with E-state index in [0.29, 0.717) is 5.88 Å². The maximum absolute atomic E-state index is 5.49. The first-order valence-electron chi connectivity index (χ1n) is 3.41. The topological polar surface area (TPSA) is 37.8 Å². The summed E-state index contributed by atoms with van der Waals surface area (Å²) < 4.78 is 0. The van der Waals surface area contributed by atoms with Crippen molar-refractivity contribution < 1.29 is 0 Å². The highest BCUT2D eigenvalue weighted by Gasteiger charge is 1.91. The number of halogens is 1. The lowest BCUT2D eigenvalue weighted by Gasteiger charge is -2.01. The Morgan fingerprint density at radius 3 is 3.00 bits per heavy atom. The minimum atomic E-state index is 0.586. The highest BCUT2D eigenvalue weighted by atomic mass is 35.5. The van der Waals surface area contributed by atoms with Crippen molar-refractivity contribution in [1.29, 1.82) is 0 Å². The van der Waals surface area contributed by atoms with E-state index in [1.807, 2.05) is 13.0 Å². The SMILES string of the molecule is Cc1cc(NCCCl)ncn1. The standard InChI is InChI=1S/C7H10ClN3/c1-6-4-7(9-3-2-8)11-5-10-6/h4-5H,2-3H2,1H3,(H,9,10,11). The number of nitrogens with one attached hydrogen (secondary N) is 1. The lowest BCUT2D eigenvalue weighted by Crippen LogP contribution is -2.04. The van der Waals surface area contributed by atoms with Gasteiger partial charge in [0.05, 0.1) is 0 Å². The molecule has 0 aliphatic carbocycles. The second-order valence-corrected chi connectivity index (χ2v) is 2.54. The Hall–Kier alpha value is -0.830. The Bertz CT molecular complexity index is 227. The van der Waals surface area contributed by atoms with E-state index in [0.717, 1.165) is 18.1 Å². The first-order chi connectivity index (χ1) is 5.33. The summed E-state index contributed by atoms with van der Waals surface area (Å²) in [5, 5.41) is 3.05. The summed E-state index contributed by atoms with van der Waals surface area (Å²) in [4.78, 5) is 7.96. The lowest BCUT2D eigenvalue weighted by atomic mass is 10.4. The molecule has 0 aliphatic heterocycles. The third-order valence-electron chi connectivity index (χ3n) is 1.20. The Morgan fingerprint density at radius 1 is 1.55 bits per heavy atom. The van der Waals surface area contributed by atoms with Crippen LogP contribution in [0.5, 0.6) is 0 Å². The predicted molar refractivity (Wildman–Crippen MR) is 46.0 cm³/mol. The van der Waals surface area contributed by atoms with Crippen LogP contribution >= 0.6 is 11.6 Å². The molecule has 11 heavy (non-hydrogen) atoms. The third-order valence-corrected chi connectivity index (χ3v) is 1.39. The summed E-state index contributed by atoms with van der Waals surface area (Å²) in [6, 6.07) is 1.88. The number of rotatable bonds is 3. The first kappa shape index (κ1) is 8.27. The van der Waals surface area contributed by atoms with E-state index in [9.17, 15) is 0 Å². The van der Waals surface area contributed by atoms with Gasteiger partial charge < -0.3 is 5.32 Å². The molecular formula is C7H10ClN3. The summed E-state index contributed by atoms with van der Waals surface area (Å²) in [5.74, 6) is 1.42. The molecule has 1 N–H and O–H groups in total. The fourth-order valence-corrected chi connectivity index (χ4v) is 0.821. The largest absolute Gasteiger partial charge is 0.369 e. The molecule has 1 heterocycles. The molecule has 0 fully saturated rings. The molecule has 1 aromatic rings. The number of aromatic nitrogens is 2. The van der Waals surface area contributed by atoms with Crippen molar-refractivity contribution in [1.82, 2.24) is 9.97 Å². The Balaban J connectivity index is 2.56. The fraction of sp³-hybridized carbons (Fsp3) is 0.429. The molecule has 0 bridgehead atoms. The number of anilines is 1. The zero-order valence-corrected chi connectivity index (χ0v) is 7.10. The highest BCUT2D eigenvalue weighted by Crippen LogP contribution is 2.01. The maximum Gasteiger partial charge on any atom is 0.129 e. The van der Waals surface area contributed by atoms with E-state index in [1.54, 1.807) is 0 Å². The van der Waals surface area contributed by atoms with Gasteiger partial charge in [-0.05, 0) is 6.92 Å². The monoisotopic (exact) mass is 171 g/mol. The van der Waals surface area contributed by atoms with Gasteiger partial charge >= 0.3 is 0 Å². The maximum atomic E-state index is 5.49. The van der Waals surface area contributed by atoms with Crippen LogP contribution in [0, 0.1) is 6.92 Å². The van der Waals surface area contributed by atoms with Crippen LogP contribution in [0.3, 0.4) is 0 Å². The van der Waals surface area contributed by atoms with Crippen molar-refractivity contribution in [3.63, 3.8) is 0 Å². The quantitative estimate of drug-likeness (QED) is 0.700. The van der Waals surface area contributed by atoms with Gasteiger partial charge in [-0.2, -0.15) is 0 Å². The van der Waals surface area contributed by atoms with Crippen molar-refractivity contribution in [3.8, 4) is 0 Å². The van der Waals surface area contributed by atoms with Crippen LogP contribution in [0.2, 0.25) is 0 Å². The average Bonchev–Trinajstić information content (AvgIpc) is 2.01. The van der Waals surface area contributed by atoms with Crippen molar-refractivity contribution in [2.45, 2.75) is 6.92 Å². The summed E-state index contributed by atoms with van der Waals surface area (Å²) in [5.41, 5.74) is 0.956. The van der Waals surface area contributed by atoms with Crippen LogP contribution in [0.15, 0.2) is 12.4 Å². The van der Waals surface area contributed by atoms with Gasteiger partial charge in [0.15, 0.2) is 0 Å². The van der Waals surface area contributed by atoms with E-state index >= 15 is 0 Å². The molecule has 0 radical (unpaired) electrons. The molecule has 0 aromatic carbocycles. The lowest BCUT2D eigenvalue weighted by molar-refractivity contribution is 1.07. The van der Waals surface area contributed by atoms with E-state index in [1.165, 1.54) is 6.33 Å². The van der Waals surface area contributed by atoms with Gasteiger partial charge in [-0.25, -0.2) is 9.97 Å². The fourth-order valence-electron chi connectivity index (χ4n) is 0.727. The van der Waals surface area contributed by atoms with Crippen molar-refractivity contribution in [2.24, 2.45) is 0 Å². The summed E-state index contributed by atoms with van der Waals surface area (Å²) in [7, 11) is 0. The Labute approximate surface area is 70.8 Å². The summed E-state index contributed by atoms with van der Waals surface area (Å²) in [6.07, 6.45) is 1.53. The van der Waals surface area contributed by atoms with E-state index in [2.05, 4.69) is 15.3 Å². The van der Waals surface area contributed by atoms with Crippen LogP contribution in [0.1, 0.15) is 5.69 Å². The third kappa shape index (κ3) is 2.72. The molecule has 0 saturated carbocycles. The van der Waals surface area contributed by atoms with Gasteiger partial charge in [0.25, 0.3) is 0 Å². The van der Waals surface area contributed by atoms with E-state index < -0.39 is 0 Å². The molecule has 60 valence electrons. The highest BCUT2D eigenvalue weighted by molar-refractivity contribution is 6.18. The molecular weight excluding hydrogens is 162 g/mol. The Morgan fingerprint density at radius 2 is 2.36 bits per heavy atom. The smallest absolute Gasteiger partial charge is 0.129 e. The second-order valence-electron chi connectivity index (χ2n) is 2.16. The van der Waals surface area contributed by atoms with E-state index in [4.69, 9.17) is 11.6 Å². The molecule has 1 aromatic heterocycles. The normalized spacial score (nSPS) is 9.64. The molecule has 4 heteroatoms. The summed E-state index contributed by atoms with van der Waals surface area (Å²) in [6.45, 7) is 2.66. The minimum absolute atomic E-state index is 0.586. The van der Waals surface area contributed by atoms with E-state index in [-0.39, 0.29) is 0 Å². The zero-order valence-electron chi connectivity index (χ0n) is 6.34. The molecule has 0 aliphatic rings. The van der Waals surface area contributed by atoms with Crippen LogP contribution in [-0.4, -0.2) is 22.4 Å². The number of nitrogens with zero attached hydrogens (tertiary/aromatic N) is 2. The van der Waals surface area contributed by atoms with Gasteiger partial charge in [0.2, 0.25) is 0 Å². The number of aryl methyl sites for hydroxylation is 1. The number of hydrogen-bond acceptors (Lipinski definition) is 3. The van der Waals surface area contributed by atoms with Crippen LogP contribution in [0.4, 0.5) is 5.82 Å². The second kappa shape index (κ2) is 4.13. The van der Waals surface area contributed by atoms with Gasteiger partial charge in [0.1, 0.15) is 12.1 Å². The van der Waals surface area contributed by atoms with Crippen molar-refractivity contribution in [2.75, 3.05) is 17.7 Å². The molecule has 0 atom stereocenters. The summed E-state index contributed by atoms with van der Waals surface area (Å²) >= 11 is 5.49. The molecule has 1 rings (SSSR count).